The fraction of sp³-hybridized carbons (Fsp3) is 0.429. The summed E-state index contributed by atoms with van der Waals surface area (Å²) in [6, 6.07) is 0. The Bertz CT molecular complexity index is 179. The van der Waals surface area contributed by atoms with Crippen LogP contribution in [0.5, 0.6) is 0 Å². The van der Waals surface area contributed by atoms with Crippen molar-refractivity contribution in [3.63, 3.8) is 0 Å². The summed E-state index contributed by atoms with van der Waals surface area (Å²) in [7, 11) is 1.98. The van der Waals surface area contributed by atoms with E-state index in [2.05, 4.69) is 11.4 Å². The Morgan fingerprint density at radius 2 is 2.56 bits per heavy atom. The molecule has 0 aliphatic rings. The molecule has 0 bridgehead atoms. The van der Waals surface area contributed by atoms with Crippen LogP contribution in [0.25, 0.3) is 0 Å². The van der Waals surface area contributed by atoms with Crippen LogP contribution in [0.15, 0.2) is 12.5 Å². The minimum absolute atomic E-state index is 0.973. The molecule has 1 aromatic heterocycles. The van der Waals surface area contributed by atoms with Crippen molar-refractivity contribution in [1.29, 1.82) is 0 Å². The van der Waals surface area contributed by atoms with Gasteiger partial charge in [0.1, 0.15) is 0 Å². The Labute approximate surface area is 55.5 Å². The third-order valence-corrected chi connectivity index (χ3v) is 1.17. The molecule has 1 radical (unpaired) electrons. The summed E-state index contributed by atoms with van der Waals surface area (Å²) in [4.78, 5) is 4.14. The van der Waals surface area contributed by atoms with Gasteiger partial charge >= 0.3 is 0 Å². The highest BCUT2D eigenvalue weighted by Gasteiger charge is 1.91. The molecule has 1 aromatic rings. The van der Waals surface area contributed by atoms with Crippen LogP contribution in [-0.2, 0) is 13.5 Å². The van der Waals surface area contributed by atoms with Crippen LogP contribution >= 0.6 is 0 Å². The zero-order chi connectivity index (χ0) is 6.69. The van der Waals surface area contributed by atoms with Gasteiger partial charge in [0.05, 0.1) is 12.0 Å². The van der Waals surface area contributed by atoms with E-state index in [9.17, 15) is 0 Å². The number of nitrogens with zero attached hydrogens (tertiary/aromatic N) is 2. The number of aromatic nitrogens is 2. The fourth-order valence-electron chi connectivity index (χ4n) is 0.782. The molecule has 1 rings (SSSR count). The number of rotatable bonds is 2. The summed E-state index contributed by atoms with van der Waals surface area (Å²) in [5.41, 5.74) is 1.14. The van der Waals surface area contributed by atoms with Gasteiger partial charge in [-0.3, -0.25) is 0 Å². The summed E-state index contributed by atoms with van der Waals surface area (Å²) in [5.74, 6) is 0. The molecule has 0 aliphatic heterocycles. The van der Waals surface area contributed by atoms with Gasteiger partial charge in [0.2, 0.25) is 0 Å². The first-order valence-corrected chi connectivity index (χ1v) is 3.07. The second kappa shape index (κ2) is 2.67. The lowest BCUT2D eigenvalue weighted by Gasteiger charge is -1.86. The van der Waals surface area contributed by atoms with E-state index >= 15 is 0 Å². The highest BCUT2D eigenvalue weighted by atomic mass is 15.0. The van der Waals surface area contributed by atoms with Gasteiger partial charge in [-0.2, -0.15) is 0 Å². The largest absolute Gasteiger partial charge is 0.340 e. The molecule has 0 saturated heterocycles. The van der Waals surface area contributed by atoms with Gasteiger partial charge in [0.25, 0.3) is 0 Å². The molecule has 0 atom stereocenters. The Balaban J connectivity index is 2.61. The van der Waals surface area contributed by atoms with Crippen LogP contribution in [0.1, 0.15) is 12.6 Å². The first-order valence-electron chi connectivity index (χ1n) is 3.07. The van der Waals surface area contributed by atoms with Crippen LogP contribution in [0, 0.1) is 6.42 Å². The van der Waals surface area contributed by atoms with Crippen LogP contribution < -0.4 is 0 Å². The minimum Gasteiger partial charge on any atom is -0.340 e. The Hall–Kier alpha value is -0.790. The van der Waals surface area contributed by atoms with E-state index < -0.39 is 0 Å². The molecule has 0 unspecified atom stereocenters. The van der Waals surface area contributed by atoms with E-state index in [1.165, 1.54) is 0 Å². The van der Waals surface area contributed by atoms with Crippen molar-refractivity contribution in [2.75, 3.05) is 0 Å². The van der Waals surface area contributed by atoms with E-state index in [-0.39, 0.29) is 0 Å². The first-order chi connectivity index (χ1) is 4.33. The average Bonchev–Trinajstić information content (AvgIpc) is 2.17. The van der Waals surface area contributed by atoms with Crippen molar-refractivity contribution in [2.24, 2.45) is 7.05 Å². The van der Waals surface area contributed by atoms with Crippen LogP contribution in [0.2, 0.25) is 0 Å². The maximum Gasteiger partial charge on any atom is 0.0946 e. The molecule has 0 spiro atoms. The third kappa shape index (κ3) is 1.56. The fourth-order valence-corrected chi connectivity index (χ4v) is 0.782. The number of aryl methyl sites for hydroxylation is 1. The first kappa shape index (κ1) is 6.33. The van der Waals surface area contributed by atoms with Gasteiger partial charge in [0.15, 0.2) is 0 Å². The van der Waals surface area contributed by atoms with E-state index in [4.69, 9.17) is 0 Å². The van der Waals surface area contributed by atoms with Crippen molar-refractivity contribution < 1.29 is 0 Å². The molecule has 49 valence electrons. The van der Waals surface area contributed by atoms with Crippen LogP contribution in [0.4, 0.5) is 0 Å². The quantitative estimate of drug-likeness (QED) is 0.577. The maximum atomic E-state index is 4.14. The molecule has 0 aromatic carbocycles. The van der Waals surface area contributed by atoms with E-state index in [0.29, 0.717) is 0 Å². The van der Waals surface area contributed by atoms with Gasteiger partial charge in [-0.15, -0.1) is 0 Å². The summed E-state index contributed by atoms with van der Waals surface area (Å²) in [6.07, 6.45) is 6.92. The van der Waals surface area contributed by atoms with Gasteiger partial charge in [-0.25, -0.2) is 4.98 Å². The van der Waals surface area contributed by atoms with Crippen molar-refractivity contribution in [2.45, 2.75) is 13.3 Å². The van der Waals surface area contributed by atoms with Gasteiger partial charge in [0, 0.05) is 13.2 Å². The Morgan fingerprint density at radius 3 is 3.00 bits per heavy atom. The minimum atomic E-state index is 0.973. The average molecular weight is 123 g/mol. The summed E-state index contributed by atoms with van der Waals surface area (Å²) >= 11 is 0. The Kier molecular flexibility index (Phi) is 1.88. The van der Waals surface area contributed by atoms with Crippen LogP contribution in [-0.4, -0.2) is 9.55 Å². The number of imidazole rings is 1. The van der Waals surface area contributed by atoms with E-state index in [1.54, 1.807) is 0 Å². The summed E-state index contributed by atoms with van der Waals surface area (Å²) < 4.78 is 1.96. The molecule has 0 N–H and O–H groups in total. The van der Waals surface area contributed by atoms with E-state index in [0.717, 1.165) is 12.1 Å². The van der Waals surface area contributed by atoms with Gasteiger partial charge < -0.3 is 4.57 Å². The molecule has 0 amide bonds. The summed E-state index contributed by atoms with van der Waals surface area (Å²) in [5, 5.41) is 0. The lowest BCUT2D eigenvalue weighted by Crippen LogP contribution is -1.82. The number of hydrogen-bond donors (Lipinski definition) is 0. The highest BCUT2D eigenvalue weighted by Crippen LogP contribution is 1.96. The van der Waals surface area contributed by atoms with Crippen LogP contribution in [0.3, 0.4) is 0 Å². The molecule has 0 fully saturated rings. The van der Waals surface area contributed by atoms with Crippen molar-refractivity contribution in [3.05, 3.63) is 24.6 Å². The summed E-state index contributed by atoms with van der Waals surface area (Å²) in [6.45, 7) is 2.04. The standard InChI is InChI=1S/C7H11N2/c1-3-4-7-5-9(2)6-8-7/h3,5-6H,4H2,1-2H3. The second-order valence-electron chi connectivity index (χ2n) is 2.14. The molecule has 0 saturated carbocycles. The molecule has 2 nitrogen and oxygen atoms in total. The molecule has 9 heavy (non-hydrogen) atoms. The van der Waals surface area contributed by atoms with E-state index in [1.807, 2.05) is 31.1 Å². The Morgan fingerprint density at radius 1 is 1.78 bits per heavy atom. The maximum absolute atomic E-state index is 4.14. The number of hydrogen-bond acceptors (Lipinski definition) is 1. The predicted molar refractivity (Wildman–Crippen MR) is 36.9 cm³/mol. The molecular formula is C7H11N2. The smallest absolute Gasteiger partial charge is 0.0946 e. The lowest BCUT2D eigenvalue weighted by molar-refractivity contribution is 0.912. The zero-order valence-electron chi connectivity index (χ0n) is 5.83. The molecular weight excluding hydrogens is 112 g/mol. The molecule has 1 heterocycles. The predicted octanol–water partition coefficient (Wildman–Crippen LogP) is 1.19. The molecule has 2 heteroatoms. The normalized spacial score (nSPS) is 10.0. The zero-order valence-corrected chi connectivity index (χ0v) is 5.83. The second-order valence-corrected chi connectivity index (χ2v) is 2.14. The van der Waals surface area contributed by atoms with Gasteiger partial charge in [-0.1, -0.05) is 6.92 Å². The highest BCUT2D eigenvalue weighted by molar-refractivity contribution is 4.98. The monoisotopic (exact) mass is 123 g/mol. The van der Waals surface area contributed by atoms with Gasteiger partial charge in [-0.05, 0) is 12.8 Å². The van der Waals surface area contributed by atoms with Crippen molar-refractivity contribution in [1.82, 2.24) is 9.55 Å². The van der Waals surface area contributed by atoms with Crippen molar-refractivity contribution >= 4 is 0 Å². The lowest BCUT2D eigenvalue weighted by atomic mass is 10.3. The SMILES string of the molecule is C[CH]Cc1cn(C)cn1. The topological polar surface area (TPSA) is 17.8 Å². The molecule has 0 aliphatic carbocycles. The third-order valence-electron chi connectivity index (χ3n) is 1.17. The van der Waals surface area contributed by atoms with Crippen molar-refractivity contribution in [3.8, 4) is 0 Å².